The van der Waals surface area contributed by atoms with Crippen molar-refractivity contribution in [3.8, 4) is 0 Å². The summed E-state index contributed by atoms with van der Waals surface area (Å²) in [6.07, 6.45) is 0.495. The number of aliphatic hydroxyl groups excluding tert-OH is 1. The van der Waals surface area contributed by atoms with Gasteiger partial charge < -0.3 is 9.84 Å². The number of rotatable bonds is 3. The van der Waals surface area contributed by atoms with Crippen molar-refractivity contribution in [1.29, 1.82) is 0 Å². The molecule has 0 aliphatic rings. The second kappa shape index (κ2) is 4.06. The Hall–Kier alpha value is -0.830. The Labute approximate surface area is 60.3 Å². The number of esters is 1. The van der Waals surface area contributed by atoms with Gasteiger partial charge in [0.25, 0.3) is 0 Å². The summed E-state index contributed by atoms with van der Waals surface area (Å²) in [5, 5.41) is 9.01. The first-order valence-corrected chi connectivity index (χ1v) is 3.02. The highest BCUT2D eigenvalue weighted by molar-refractivity contribution is 5.72. The standard InChI is InChI=1S/C7H12O3/c1-4-6(8)5(2)7(9)10-3/h4-6,8H,1H2,2-3H3/t5-,6-/m1/s1. The lowest BCUT2D eigenvalue weighted by Gasteiger charge is -2.11. The molecule has 0 spiro atoms. The molecular formula is C7H12O3. The molecule has 3 heteroatoms. The van der Waals surface area contributed by atoms with Crippen LogP contribution in [0.15, 0.2) is 12.7 Å². The number of hydrogen-bond donors (Lipinski definition) is 1. The average molecular weight is 144 g/mol. The van der Waals surface area contributed by atoms with Gasteiger partial charge in [-0.15, -0.1) is 6.58 Å². The second-order valence-corrected chi connectivity index (χ2v) is 2.04. The molecular weight excluding hydrogens is 132 g/mol. The molecule has 2 atom stereocenters. The zero-order valence-electron chi connectivity index (χ0n) is 6.20. The monoisotopic (exact) mass is 144 g/mol. The van der Waals surface area contributed by atoms with E-state index in [4.69, 9.17) is 5.11 Å². The first kappa shape index (κ1) is 9.17. The van der Waals surface area contributed by atoms with Gasteiger partial charge in [0.15, 0.2) is 0 Å². The van der Waals surface area contributed by atoms with Gasteiger partial charge in [-0.2, -0.15) is 0 Å². The third-order valence-electron chi connectivity index (χ3n) is 1.33. The highest BCUT2D eigenvalue weighted by atomic mass is 16.5. The van der Waals surface area contributed by atoms with E-state index in [1.807, 2.05) is 0 Å². The number of carbonyl (C=O) groups is 1. The van der Waals surface area contributed by atoms with Gasteiger partial charge in [0.2, 0.25) is 0 Å². The van der Waals surface area contributed by atoms with E-state index in [0.29, 0.717) is 0 Å². The van der Waals surface area contributed by atoms with Gasteiger partial charge in [-0.05, 0) is 6.92 Å². The van der Waals surface area contributed by atoms with E-state index in [9.17, 15) is 4.79 Å². The maximum Gasteiger partial charge on any atom is 0.311 e. The van der Waals surface area contributed by atoms with E-state index in [0.717, 1.165) is 0 Å². The SMILES string of the molecule is C=C[C@@H](O)[C@@H](C)C(=O)OC. The Bertz CT molecular complexity index is 131. The topological polar surface area (TPSA) is 46.5 Å². The largest absolute Gasteiger partial charge is 0.469 e. The van der Waals surface area contributed by atoms with Crippen molar-refractivity contribution in [3.05, 3.63) is 12.7 Å². The van der Waals surface area contributed by atoms with Gasteiger partial charge >= 0.3 is 5.97 Å². The van der Waals surface area contributed by atoms with Crippen molar-refractivity contribution in [2.45, 2.75) is 13.0 Å². The number of methoxy groups -OCH3 is 1. The van der Waals surface area contributed by atoms with Crippen LogP contribution in [0.25, 0.3) is 0 Å². The van der Waals surface area contributed by atoms with Crippen molar-refractivity contribution >= 4 is 5.97 Å². The maximum absolute atomic E-state index is 10.7. The van der Waals surface area contributed by atoms with Gasteiger partial charge in [-0.3, -0.25) is 4.79 Å². The molecule has 0 rings (SSSR count). The van der Waals surface area contributed by atoms with Gasteiger partial charge in [-0.1, -0.05) is 6.08 Å². The lowest BCUT2D eigenvalue weighted by Crippen LogP contribution is -2.24. The van der Waals surface area contributed by atoms with Gasteiger partial charge in [-0.25, -0.2) is 0 Å². The van der Waals surface area contributed by atoms with Crippen LogP contribution in [0, 0.1) is 5.92 Å². The Morgan fingerprint density at radius 3 is 2.60 bits per heavy atom. The molecule has 0 radical (unpaired) electrons. The van der Waals surface area contributed by atoms with Crippen LogP contribution in [0.2, 0.25) is 0 Å². The summed E-state index contributed by atoms with van der Waals surface area (Å²) < 4.78 is 4.39. The molecule has 0 saturated heterocycles. The highest BCUT2D eigenvalue weighted by Crippen LogP contribution is 2.04. The van der Waals surface area contributed by atoms with E-state index < -0.39 is 18.0 Å². The van der Waals surface area contributed by atoms with Crippen molar-refractivity contribution in [1.82, 2.24) is 0 Å². The zero-order valence-corrected chi connectivity index (χ0v) is 6.20. The normalized spacial score (nSPS) is 15.5. The van der Waals surface area contributed by atoms with Crippen LogP contribution in [0.1, 0.15) is 6.92 Å². The highest BCUT2D eigenvalue weighted by Gasteiger charge is 2.19. The van der Waals surface area contributed by atoms with E-state index in [-0.39, 0.29) is 0 Å². The molecule has 0 aromatic rings. The van der Waals surface area contributed by atoms with E-state index >= 15 is 0 Å². The minimum absolute atomic E-state index is 0.424. The molecule has 0 heterocycles. The Kier molecular flexibility index (Phi) is 3.72. The molecule has 0 amide bonds. The average Bonchev–Trinajstić information content (AvgIpc) is 2.00. The van der Waals surface area contributed by atoms with Crippen LogP contribution < -0.4 is 0 Å². The lowest BCUT2D eigenvalue weighted by atomic mass is 10.1. The number of hydrogen-bond acceptors (Lipinski definition) is 3. The Balaban J connectivity index is 3.93. The van der Waals surface area contributed by atoms with E-state index in [1.54, 1.807) is 6.92 Å². The molecule has 10 heavy (non-hydrogen) atoms. The molecule has 0 saturated carbocycles. The minimum atomic E-state index is -0.813. The maximum atomic E-state index is 10.7. The van der Waals surface area contributed by atoms with Crippen LogP contribution in [-0.4, -0.2) is 24.3 Å². The van der Waals surface area contributed by atoms with Crippen molar-refractivity contribution in [2.24, 2.45) is 5.92 Å². The smallest absolute Gasteiger partial charge is 0.311 e. The molecule has 0 aromatic carbocycles. The van der Waals surface area contributed by atoms with Gasteiger partial charge in [0.1, 0.15) is 0 Å². The van der Waals surface area contributed by atoms with Crippen LogP contribution in [-0.2, 0) is 9.53 Å². The fourth-order valence-electron chi connectivity index (χ4n) is 0.529. The van der Waals surface area contributed by atoms with Crippen LogP contribution in [0.3, 0.4) is 0 Å². The third-order valence-corrected chi connectivity index (χ3v) is 1.33. The minimum Gasteiger partial charge on any atom is -0.469 e. The summed E-state index contributed by atoms with van der Waals surface area (Å²) in [5.41, 5.74) is 0. The van der Waals surface area contributed by atoms with Gasteiger partial charge in [0, 0.05) is 0 Å². The number of ether oxygens (including phenoxy) is 1. The molecule has 0 aromatic heterocycles. The van der Waals surface area contributed by atoms with Crippen LogP contribution >= 0.6 is 0 Å². The molecule has 0 aliphatic heterocycles. The number of carbonyl (C=O) groups excluding carboxylic acids is 1. The molecule has 0 bridgehead atoms. The van der Waals surface area contributed by atoms with Crippen LogP contribution in [0.4, 0.5) is 0 Å². The second-order valence-electron chi connectivity index (χ2n) is 2.04. The Morgan fingerprint density at radius 1 is 1.80 bits per heavy atom. The summed E-state index contributed by atoms with van der Waals surface area (Å²) >= 11 is 0. The summed E-state index contributed by atoms with van der Waals surface area (Å²) in [4.78, 5) is 10.7. The molecule has 3 nitrogen and oxygen atoms in total. The quantitative estimate of drug-likeness (QED) is 0.459. The fourth-order valence-corrected chi connectivity index (χ4v) is 0.529. The van der Waals surface area contributed by atoms with E-state index in [1.165, 1.54) is 13.2 Å². The van der Waals surface area contributed by atoms with Crippen molar-refractivity contribution in [3.63, 3.8) is 0 Å². The predicted octanol–water partition coefficient (Wildman–Crippen LogP) is 0.342. The summed E-state index contributed by atoms with van der Waals surface area (Å²) in [6, 6.07) is 0. The predicted molar refractivity (Wildman–Crippen MR) is 37.4 cm³/mol. The first-order chi connectivity index (χ1) is 4.63. The van der Waals surface area contributed by atoms with Crippen LogP contribution in [0.5, 0.6) is 0 Å². The molecule has 1 N–H and O–H groups in total. The molecule has 0 fully saturated rings. The summed E-state index contributed by atoms with van der Waals surface area (Å²) in [6.45, 7) is 4.92. The lowest BCUT2D eigenvalue weighted by molar-refractivity contribution is -0.147. The van der Waals surface area contributed by atoms with Crippen molar-refractivity contribution in [2.75, 3.05) is 7.11 Å². The molecule has 0 unspecified atom stereocenters. The molecule has 0 aliphatic carbocycles. The zero-order chi connectivity index (χ0) is 8.15. The summed E-state index contributed by atoms with van der Waals surface area (Å²) in [7, 11) is 1.29. The first-order valence-electron chi connectivity index (χ1n) is 3.02. The summed E-state index contributed by atoms with van der Waals surface area (Å²) in [5.74, 6) is -0.949. The molecule has 58 valence electrons. The van der Waals surface area contributed by atoms with Gasteiger partial charge in [0.05, 0.1) is 19.1 Å². The fraction of sp³-hybridized carbons (Fsp3) is 0.571. The van der Waals surface area contributed by atoms with Crippen molar-refractivity contribution < 1.29 is 14.6 Å². The number of aliphatic hydroxyl groups is 1. The Morgan fingerprint density at radius 2 is 2.30 bits per heavy atom. The van der Waals surface area contributed by atoms with E-state index in [2.05, 4.69) is 11.3 Å². The third kappa shape index (κ3) is 2.19.